The van der Waals surface area contributed by atoms with Crippen molar-refractivity contribution in [1.82, 2.24) is 4.31 Å². The Balaban J connectivity index is 2.27. The molecule has 2 N–H and O–H groups in total. The van der Waals surface area contributed by atoms with Crippen LogP contribution in [-0.2, 0) is 10.0 Å². The third-order valence-corrected chi connectivity index (χ3v) is 5.19. The van der Waals surface area contributed by atoms with E-state index in [0.717, 1.165) is 6.42 Å². The second kappa shape index (κ2) is 5.47. The van der Waals surface area contributed by atoms with Crippen LogP contribution in [0.4, 0.5) is 5.69 Å². The van der Waals surface area contributed by atoms with Gasteiger partial charge in [0.1, 0.15) is 0 Å². The van der Waals surface area contributed by atoms with Crippen LogP contribution >= 0.6 is 0 Å². The fraction of sp³-hybridized carbons (Fsp3) is 0.500. The quantitative estimate of drug-likeness (QED) is 0.660. The summed E-state index contributed by atoms with van der Waals surface area (Å²) in [4.78, 5) is 10.1. The summed E-state index contributed by atoms with van der Waals surface area (Å²) in [5.74, 6) is 0.201. The third-order valence-electron chi connectivity index (χ3n) is 3.34. The van der Waals surface area contributed by atoms with Gasteiger partial charge in [0.25, 0.3) is 5.69 Å². The van der Waals surface area contributed by atoms with Gasteiger partial charge in [0.05, 0.1) is 9.82 Å². The largest absolute Gasteiger partial charge is 0.326 e. The minimum Gasteiger partial charge on any atom is -0.326 e. The first-order valence-corrected chi connectivity index (χ1v) is 7.75. The monoisotopic (exact) mass is 299 g/mol. The highest BCUT2D eigenvalue weighted by Gasteiger charge is 2.32. The summed E-state index contributed by atoms with van der Waals surface area (Å²) in [7, 11) is -3.64. The third kappa shape index (κ3) is 2.97. The molecule has 20 heavy (non-hydrogen) atoms. The highest BCUT2D eigenvalue weighted by molar-refractivity contribution is 7.89. The summed E-state index contributed by atoms with van der Waals surface area (Å²) in [5.41, 5.74) is 5.73. The minimum atomic E-state index is -3.64. The Kier molecular flexibility index (Phi) is 4.07. The topological polar surface area (TPSA) is 107 Å². The molecular formula is C12H17N3O4S. The highest BCUT2D eigenvalue weighted by Crippen LogP contribution is 2.24. The van der Waals surface area contributed by atoms with E-state index in [1.807, 2.05) is 6.92 Å². The molecular weight excluding hydrogens is 282 g/mol. The number of benzene rings is 1. The second-order valence-corrected chi connectivity index (χ2v) is 7.11. The van der Waals surface area contributed by atoms with E-state index in [0.29, 0.717) is 6.54 Å². The number of hydrogen-bond donors (Lipinski definition) is 1. The fourth-order valence-corrected chi connectivity index (χ4v) is 4.05. The molecule has 0 aliphatic carbocycles. The molecule has 2 atom stereocenters. The predicted molar refractivity (Wildman–Crippen MR) is 73.6 cm³/mol. The molecule has 2 rings (SSSR count). The van der Waals surface area contributed by atoms with Crippen molar-refractivity contribution in [2.45, 2.75) is 24.3 Å². The van der Waals surface area contributed by atoms with E-state index in [9.17, 15) is 18.5 Å². The van der Waals surface area contributed by atoms with Crippen LogP contribution in [0.1, 0.15) is 13.3 Å². The average Bonchev–Trinajstić information content (AvgIpc) is 2.37. The van der Waals surface area contributed by atoms with Crippen LogP contribution in [-0.4, -0.2) is 36.8 Å². The standard InChI is InChI=1S/C12H17N3O4S/c1-9-6-10(13)8-14(7-9)20(18,19)12-4-2-11(3-5-12)15(16)17/h2-5,9-10H,6-8,13H2,1H3. The number of nitrogens with two attached hydrogens (primary N) is 1. The van der Waals surface area contributed by atoms with Gasteiger partial charge in [-0.05, 0) is 24.5 Å². The van der Waals surface area contributed by atoms with Crippen LogP contribution in [0.3, 0.4) is 0 Å². The van der Waals surface area contributed by atoms with E-state index in [1.165, 1.54) is 28.6 Å². The van der Waals surface area contributed by atoms with Crippen LogP contribution in [0.5, 0.6) is 0 Å². The van der Waals surface area contributed by atoms with Crippen molar-refractivity contribution in [2.75, 3.05) is 13.1 Å². The number of nitro groups is 1. The van der Waals surface area contributed by atoms with Crippen molar-refractivity contribution in [3.05, 3.63) is 34.4 Å². The van der Waals surface area contributed by atoms with E-state index in [4.69, 9.17) is 5.73 Å². The van der Waals surface area contributed by atoms with Crippen molar-refractivity contribution in [3.63, 3.8) is 0 Å². The molecule has 0 amide bonds. The molecule has 0 bridgehead atoms. The molecule has 0 saturated carbocycles. The highest BCUT2D eigenvalue weighted by atomic mass is 32.2. The van der Waals surface area contributed by atoms with Crippen LogP contribution in [0.2, 0.25) is 0 Å². The number of piperidine rings is 1. The summed E-state index contributed by atoms with van der Waals surface area (Å²) in [6.45, 7) is 2.66. The van der Waals surface area contributed by atoms with Crippen molar-refractivity contribution in [3.8, 4) is 0 Å². The van der Waals surface area contributed by atoms with Gasteiger partial charge < -0.3 is 5.73 Å². The van der Waals surface area contributed by atoms with E-state index in [-0.39, 0.29) is 29.1 Å². The molecule has 0 spiro atoms. The Morgan fingerprint density at radius 3 is 2.40 bits per heavy atom. The number of hydrogen-bond acceptors (Lipinski definition) is 5. The van der Waals surface area contributed by atoms with E-state index in [2.05, 4.69) is 0 Å². The van der Waals surface area contributed by atoms with Gasteiger partial charge in [-0.25, -0.2) is 8.42 Å². The van der Waals surface area contributed by atoms with Gasteiger partial charge in [-0.15, -0.1) is 0 Å². The fourth-order valence-electron chi connectivity index (χ4n) is 2.43. The van der Waals surface area contributed by atoms with Gasteiger partial charge in [-0.1, -0.05) is 6.92 Å². The lowest BCUT2D eigenvalue weighted by atomic mass is 9.99. The molecule has 1 aromatic rings. The maximum Gasteiger partial charge on any atom is 0.269 e. The summed E-state index contributed by atoms with van der Waals surface area (Å²) < 4.78 is 26.3. The zero-order valence-corrected chi connectivity index (χ0v) is 11.9. The first-order chi connectivity index (χ1) is 9.30. The maximum atomic E-state index is 12.5. The summed E-state index contributed by atoms with van der Waals surface area (Å²) in [6.07, 6.45) is 0.798. The SMILES string of the molecule is CC1CC(N)CN(S(=O)(=O)c2ccc([N+](=O)[O-])cc2)C1. The lowest BCUT2D eigenvalue weighted by Crippen LogP contribution is -2.48. The van der Waals surface area contributed by atoms with E-state index in [1.54, 1.807) is 0 Å². The molecule has 1 aliphatic heterocycles. The molecule has 1 aliphatic rings. The van der Waals surface area contributed by atoms with Gasteiger partial charge in [0.15, 0.2) is 0 Å². The Morgan fingerprint density at radius 2 is 1.90 bits per heavy atom. The molecule has 1 aromatic carbocycles. The first-order valence-electron chi connectivity index (χ1n) is 6.31. The van der Waals surface area contributed by atoms with Gasteiger partial charge in [-0.3, -0.25) is 10.1 Å². The average molecular weight is 299 g/mol. The Labute approximate surface area is 117 Å². The summed E-state index contributed by atoms with van der Waals surface area (Å²) >= 11 is 0. The summed E-state index contributed by atoms with van der Waals surface area (Å²) in [5, 5.41) is 10.6. The maximum absolute atomic E-state index is 12.5. The molecule has 0 aromatic heterocycles. The molecule has 1 heterocycles. The van der Waals surface area contributed by atoms with Crippen LogP contribution in [0, 0.1) is 16.0 Å². The molecule has 1 fully saturated rings. The van der Waals surface area contributed by atoms with Crippen molar-refractivity contribution in [1.29, 1.82) is 0 Å². The molecule has 1 saturated heterocycles. The van der Waals surface area contributed by atoms with Crippen molar-refractivity contribution in [2.24, 2.45) is 11.7 Å². The van der Waals surface area contributed by atoms with E-state index >= 15 is 0 Å². The molecule has 2 unspecified atom stereocenters. The summed E-state index contributed by atoms with van der Waals surface area (Å²) in [6, 6.07) is 4.74. The second-order valence-electron chi connectivity index (χ2n) is 5.17. The molecule has 7 nitrogen and oxygen atoms in total. The van der Waals surface area contributed by atoms with Gasteiger partial charge in [0, 0.05) is 31.3 Å². The molecule has 110 valence electrons. The zero-order chi connectivity index (χ0) is 14.9. The lowest BCUT2D eigenvalue weighted by molar-refractivity contribution is -0.384. The van der Waals surface area contributed by atoms with Gasteiger partial charge in [-0.2, -0.15) is 4.31 Å². The molecule has 8 heteroatoms. The normalized spacial score (nSPS) is 24.5. The van der Waals surface area contributed by atoms with Crippen LogP contribution in [0.15, 0.2) is 29.2 Å². The van der Waals surface area contributed by atoms with Crippen LogP contribution in [0.25, 0.3) is 0 Å². The van der Waals surface area contributed by atoms with Gasteiger partial charge in [0.2, 0.25) is 10.0 Å². The smallest absolute Gasteiger partial charge is 0.269 e. The first kappa shape index (κ1) is 14.9. The van der Waals surface area contributed by atoms with E-state index < -0.39 is 14.9 Å². The van der Waals surface area contributed by atoms with Gasteiger partial charge >= 0.3 is 0 Å². The van der Waals surface area contributed by atoms with Crippen molar-refractivity contribution < 1.29 is 13.3 Å². The number of nitrogens with zero attached hydrogens (tertiary/aromatic N) is 2. The number of rotatable bonds is 3. The number of non-ortho nitro benzene ring substituents is 1. The lowest BCUT2D eigenvalue weighted by Gasteiger charge is -2.33. The minimum absolute atomic E-state index is 0.0596. The van der Waals surface area contributed by atoms with Crippen molar-refractivity contribution >= 4 is 15.7 Å². The Morgan fingerprint density at radius 1 is 1.30 bits per heavy atom. The van der Waals surface area contributed by atoms with Crippen LogP contribution < -0.4 is 5.73 Å². The number of nitro benzene ring substituents is 1. The zero-order valence-electron chi connectivity index (χ0n) is 11.1. The Hall–Kier alpha value is -1.51. The Bertz CT molecular complexity index is 590. The predicted octanol–water partition coefficient (Wildman–Crippen LogP) is 0.953. The molecule has 0 radical (unpaired) electrons. The number of sulfonamides is 1.